The summed E-state index contributed by atoms with van der Waals surface area (Å²) in [5.41, 5.74) is 2.53. The Bertz CT molecular complexity index is 1610. The van der Waals surface area contributed by atoms with Crippen LogP contribution in [0.15, 0.2) is 71.8 Å². The molecule has 0 aliphatic heterocycles. The van der Waals surface area contributed by atoms with Gasteiger partial charge >= 0.3 is 5.97 Å². The average Bonchev–Trinajstić information content (AvgIpc) is 3.80. The Morgan fingerprint density at radius 2 is 1.86 bits per heavy atom. The Morgan fingerprint density at radius 1 is 1.06 bits per heavy atom. The monoisotopic (exact) mass is 483 g/mol. The first kappa shape index (κ1) is 22.2. The van der Waals surface area contributed by atoms with Crippen LogP contribution in [0.1, 0.15) is 41.1 Å². The molecule has 4 aromatic rings. The molecule has 2 aromatic carbocycles. The molecule has 2 aliphatic rings. The highest BCUT2D eigenvalue weighted by Crippen LogP contribution is 2.48. The van der Waals surface area contributed by atoms with E-state index in [2.05, 4.69) is 10.3 Å². The molecule has 0 spiro atoms. The summed E-state index contributed by atoms with van der Waals surface area (Å²) < 4.78 is 16.6. The van der Waals surface area contributed by atoms with Crippen molar-refractivity contribution in [1.82, 2.24) is 14.9 Å². The fourth-order valence-corrected chi connectivity index (χ4v) is 4.66. The van der Waals surface area contributed by atoms with Crippen LogP contribution in [0.2, 0.25) is 0 Å². The second-order valence-corrected chi connectivity index (χ2v) is 9.44. The first-order valence-electron chi connectivity index (χ1n) is 11.8. The number of carbonyl (C=O) groups excluding carboxylic acids is 1. The van der Waals surface area contributed by atoms with Gasteiger partial charge in [0.1, 0.15) is 17.0 Å². The van der Waals surface area contributed by atoms with Crippen LogP contribution in [0.25, 0.3) is 27.8 Å². The van der Waals surface area contributed by atoms with Crippen LogP contribution in [0.3, 0.4) is 0 Å². The molecule has 7 nitrogen and oxygen atoms in total. The normalized spacial score (nSPS) is 18.7. The van der Waals surface area contributed by atoms with E-state index in [0.717, 1.165) is 18.4 Å². The van der Waals surface area contributed by atoms with Crippen molar-refractivity contribution in [2.75, 3.05) is 0 Å². The topological polar surface area (TPSA) is 101 Å². The van der Waals surface area contributed by atoms with Gasteiger partial charge in [-0.2, -0.15) is 0 Å². The second kappa shape index (κ2) is 8.41. The van der Waals surface area contributed by atoms with Crippen molar-refractivity contribution >= 4 is 22.9 Å². The molecule has 0 unspecified atom stereocenters. The van der Waals surface area contributed by atoms with Gasteiger partial charge in [0.25, 0.3) is 5.91 Å². The zero-order valence-corrected chi connectivity index (χ0v) is 19.1. The predicted molar refractivity (Wildman–Crippen MR) is 132 cm³/mol. The van der Waals surface area contributed by atoms with Crippen molar-refractivity contribution < 1.29 is 19.1 Å². The molecule has 2 aromatic heterocycles. The zero-order valence-electron chi connectivity index (χ0n) is 19.1. The number of aromatic nitrogens is 2. The number of aliphatic carboxylic acids is 1. The number of fused-ring (bicyclic) bond motifs is 1. The number of pyridine rings is 2. The van der Waals surface area contributed by atoms with Crippen molar-refractivity contribution in [3.8, 4) is 16.8 Å². The van der Waals surface area contributed by atoms with E-state index < -0.39 is 23.6 Å². The fraction of sp³-hybridized carbons (Fsp3) is 0.214. The summed E-state index contributed by atoms with van der Waals surface area (Å²) in [6.45, 7) is 0. The second-order valence-electron chi connectivity index (χ2n) is 9.44. The van der Waals surface area contributed by atoms with E-state index >= 15 is 0 Å². The van der Waals surface area contributed by atoms with Crippen LogP contribution in [0, 0.1) is 11.7 Å². The number of amides is 1. The third kappa shape index (κ3) is 3.94. The van der Waals surface area contributed by atoms with Crippen molar-refractivity contribution in [3.05, 3.63) is 94.2 Å². The Balaban J connectivity index is 1.41. The number of nitrogens with one attached hydrogen (secondary N) is 1. The number of carboxylic acid groups (broad SMARTS) is 1. The number of halogens is 1. The molecule has 2 saturated carbocycles. The molecule has 180 valence electrons. The summed E-state index contributed by atoms with van der Waals surface area (Å²) in [5, 5.41) is 12.4. The van der Waals surface area contributed by atoms with Crippen molar-refractivity contribution in [2.24, 2.45) is 5.92 Å². The van der Waals surface area contributed by atoms with E-state index in [1.165, 1.54) is 12.3 Å². The van der Waals surface area contributed by atoms with Gasteiger partial charge in [-0.05, 0) is 66.3 Å². The summed E-state index contributed by atoms with van der Waals surface area (Å²) in [6, 6.07) is 15.6. The molecule has 2 aliphatic carbocycles. The number of nitrogens with zero attached hydrogens (tertiary/aromatic N) is 2. The highest BCUT2D eigenvalue weighted by atomic mass is 19.1. The van der Waals surface area contributed by atoms with E-state index in [9.17, 15) is 18.8 Å². The highest BCUT2D eigenvalue weighted by Gasteiger charge is 2.45. The Hall–Kier alpha value is -4.33. The highest BCUT2D eigenvalue weighted by molar-refractivity contribution is 5.97. The van der Waals surface area contributed by atoms with Gasteiger partial charge in [0.05, 0.1) is 11.3 Å². The standard InChI is InChI=1S/C28H22FN3O4/c29-24-12-16(6-9-19(24)21-13-22(21)28(35)36)15-3-1-4-18(11-15)32-14-23(27(34)31-17-7-8-17)25(33)20-5-2-10-30-26(20)32/h1-6,9-12,14,17,21-22H,7-8,13H2,(H,31,34)(H,35,36)/t21-,22-/m0/s1. The van der Waals surface area contributed by atoms with Crippen molar-refractivity contribution in [3.63, 3.8) is 0 Å². The molecule has 2 atom stereocenters. The number of carboxylic acids is 1. The molecule has 0 radical (unpaired) electrons. The summed E-state index contributed by atoms with van der Waals surface area (Å²) in [5.74, 6) is -2.55. The molecule has 2 N–H and O–H groups in total. The van der Waals surface area contributed by atoms with E-state index in [1.54, 1.807) is 35.0 Å². The first-order chi connectivity index (χ1) is 17.4. The summed E-state index contributed by atoms with van der Waals surface area (Å²) in [7, 11) is 0. The summed E-state index contributed by atoms with van der Waals surface area (Å²) in [4.78, 5) is 41.4. The van der Waals surface area contributed by atoms with Crippen LogP contribution in [0.4, 0.5) is 4.39 Å². The molecule has 6 rings (SSSR count). The maximum atomic E-state index is 14.9. The van der Waals surface area contributed by atoms with E-state index in [-0.39, 0.29) is 23.0 Å². The maximum absolute atomic E-state index is 14.9. The molecular formula is C28H22FN3O4. The molecule has 8 heteroatoms. The minimum Gasteiger partial charge on any atom is -0.481 e. The minimum absolute atomic E-state index is 0.0422. The van der Waals surface area contributed by atoms with E-state index in [1.807, 2.05) is 24.3 Å². The number of benzene rings is 2. The van der Waals surface area contributed by atoms with Crippen LogP contribution in [-0.4, -0.2) is 32.6 Å². The Kier molecular flexibility index (Phi) is 5.17. The van der Waals surface area contributed by atoms with Crippen LogP contribution < -0.4 is 10.7 Å². The quantitative estimate of drug-likeness (QED) is 0.427. The van der Waals surface area contributed by atoms with Gasteiger partial charge in [-0.1, -0.05) is 24.3 Å². The zero-order chi connectivity index (χ0) is 25.0. The van der Waals surface area contributed by atoms with Crippen molar-refractivity contribution in [1.29, 1.82) is 0 Å². The van der Waals surface area contributed by atoms with E-state index in [4.69, 9.17) is 5.11 Å². The Morgan fingerprint density at radius 3 is 2.58 bits per heavy atom. The number of rotatable bonds is 6. The van der Waals surface area contributed by atoms with Gasteiger partial charge in [0, 0.05) is 30.0 Å². The van der Waals surface area contributed by atoms with Gasteiger partial charge in [0.2, 0.25) is 5.43 Å². The van der Waals surface area contributed by atoms with Gasteiger partial charge in [-0.15, -0.1) is 0 Å². The first-order valence-corrected chi connectivity index (χ1v) is 11.8. The third-order valence-electron chi connectivity index (χ3n) is 6.88. The molecule has 2 fully saturated rings. The lowest BCUT2D eigenvalue weighted by Crippen LogP contribution is -2.31. The molecular weight excluding hydrogens is 461 g/mol. The van der Waals surface area contributed by atoms with E-state index in [0.29, 0.717) is 34.3 Å². The Labute approximate surface area is 205 Å². The predicted octanol–water partition coefficient (Wildman–Crippen LogP) is 4.27. The van der Waals surface area contributed by atoms with Gasteiger partial charge < -0.3 is 15.0 Å². The number of hydrogen-bond donors (Lipinski definition) is 2. The SMILES string of the molecule is O=C(NC1CC1)c1cn(-c2cccc(-c3ccc([C@@H]4C[C@@H]4C(=O)O)c(F)c3)c2)c2ncccc2c1=O. The summed E-state index contributed by atoms with van der Waals surface area (Å²) >= 11 is 0. The van der Waals surface area contributed by atoms with Crippen LogP contribution in [-0.2, 0) is 4.79 Å². The van der Waals surface area contributed by atoms with Crippen LogP contribution >= 0.6 is 0 Å². The summed E-state index contributed by atoms with van der Waals surface area (Å²) in [6.07, 6.45) is 5.36. The molecule has 36 heavy (non-hydrogen) atoms. The molecule has 0 bridgehead atoms. The van der Waals surface area contributed by atoms with Crippen molar-refractivity contribution in [2.45, 2.75) is 31.2 Å². The molecule has 1 amide bonds. The fourth-order valence-electron chi connectivity index (χ4n) is 4.66. The smallest absolute Gasteiger partial charge is 0.307 e. The third-order valence-corrected chi connectivity index (χ3v) is 6.88. The number of hydrogen-bond acceptors (Lipinski definition) is 4. The number of carbonyl (C=O) groups is 2. The van der Waals surface area contributed by atoms with Gasteiger partial charge in [0.15, 0.2) is 0 Å². The lowest BCUT2D eigenvalue weighted by molar-refractivity contribution is -0.138. The molecule has 0 saturated heterocycles. The van der Waals surface area contributed by atoms with Gasteiger partial charge in [-0.25, -0.2) is 9.37 Å². The maximum Gasteiger partial charge on any atom is 0.307 e. The minimum atomic E-state index is -0.900. The van der Waals surface area contributed by atoms with Gasteiger partial charge in [-0.3, -0.25) is 14.4 Å². The van der Waals surface area contributed by atoms with Crippen LogP contribution in [0.5, 0.6) is 0 Å². The largest absolute Gasteiger partial charge is 0.481 e. The average molecular weight is 483 g/mol. The lowest BCUT2D eigenvalue weighted by atomic mass is 10.0. The lowest BCUT2D eigenvalue weighted by Gasteiger charge is -2.14. The molecule has 2 heterocycles.